The van der Waals surface area contributed by atoms with Gasteiger partial charge in [-0.1, -0.05) is 60.4 Å². The van der Waals surface area contributed by atoms with Crippen LogP contribution in [0, 0.1) is 0 Å². The minimum atomic E-state index is -1.27. The van der Waals surface area contributed by atoms with Crippen LogP contribution in [0.2, 0.25) is 0 Å². The smallest absolute Gasteiger partial charge is 0.338 e. The summed E-state index contributed by atoms with van der Waals surface area (Å²) in [5.74, 6) is -1.18. The number of hydrogen-bond donors (Lipinski definition) is 0. The van der Waals surface area contributed by atoms with E-state index in [-0.39, 0.29) is 23.3 Å². The quantitative estimate of drug-likeness (QED) is 0.342. The van der Waals surface area contributed by atoms with Gasteiger partial charge in [-0.3, -0.25) is 9.36 Å². The number of hydrogen-bond acceptors (Lipinski definition) is 8. The van der Waals surface area contributed by atoms with Crippen molar-refractivity contribution in [3.8, 4) is 5.75 Å². The lowest BCUT2D eigenvalue weighted by Gasteiger charge is -2.24. The van der Waals surface area contributed by atoms with Crippen LogP contribution in [-0.4, -0.2) is 29.7 Å². The number of carbonyl (C=O) groups is 2. The third-order valence-electron chi connectivity index (χ3n) is 5.52. The topological polar surface area (TPSA) is 110 Å². The van der Waals surface area contributed by atoms with E-state index in [1.54, 1.807) is 62.4 Å². The van der Waals surface area contributed by atoms with Crippen LogP contribution < -0.4 is 24.7 Å². The highest BCUT2D eigenvalue weighted by Crippen LogP contribution is 2.31. The Morgan fingerprint density at radius 1 is 1.17 bits per heavy atom. The summed E-state index contributed by atoms with van der Waals surface area (Å²) in [5, 5.41) is 11.0. The van der Waals surface area contributed by atoms with Crippen molar-refractivity contribution in [3.63, 3.8) is 0 Å². The van der Waals surface area contributed by atoms with Crippen molar-refractivity contribution in [2.24, 2.45) is 4.99 Å². The van der Waals surface area contributed by atoms with Gasteiger partial charge in [0.2, 0.25) is 0 Å². The molecule has 1 aliphatic rings. The molecule has 9 heteroatoms. The van der Waals surface area contributed by atoms with Crippen molar-refractivity contribution in [2.45, 2.75) is 19.9 Å². The molecule has 2 aromatic carbocycles. The number of allylic oxidation sites excluding steroid dienone is 1. The molecular weight excluding hydrogens is 480 g/mol. The zero-order valence-corrected chi connectivity index (χ0v) is 20.5. The number of esters is 1. The van der Waals surface area contributed by atoms with Gasteiger partial charge in [-0.05, 0) is 48.7 Å². The average Bonchev–Trinajstić information content (AvgIpc) is 3.16. The Labute approximate surface area is 210 Å². The first-order valence-electron chi connectivity index (χ1n) is 11.2. The number of carbonyl (C=O) groups excluding carboxylic acids is 2. The molecule has 1 aliphatic heterocycles. The molecular formula is C27H23N2O6S-. The standard InChI is InChI=1S/C27H24N2O6S/c1-4-14-35-20-12-10-18(11-13-20)23-22(26(33)34-5-2)16(3)28-27-29(23)24(30)21(36-27)15-17-6-8-19(9-7-17)25(31)32/h4,6-13,15,23H,1,5,14H2,2-3H3,(H,31,32)/p-1/t23-/m0/s1. The molecule has 2 heterocycles. The molecule has 0 N–H and O–H groups in total. The van der Waals surface area contributed by atoms with Crippen molar-refractivity contribution >= 4 is 29.4 Å². The summed E-state index contributed by atoms with van der Waals surface area (Å²) in [6.07, 6.45) is 3.30. The normalized spacial score (nSPS) is 15.2. The van der Waals surface area contributed by atoms with Crippen LogP contribution in [0.4, 0.5) is 0 Å². The molecule has 1 aromatic heterocycles. The van der Waals surface area contributed by atoms with Crippen molar-refractivity contribution in [1.29, 1.82) is 0 Å². The van der Waals surface area contributed by atoms with Gasteiger partial charge in [-0.2, -0.15) is 0 Å². The van der Waals surface area contributed by atoms with E-state index in [1.807, 2.05) is 0 Å². The molecule has 0 amide bonds. The first kappa shape index (κ1) is 24.9. The summed E-state index contributed by atoms with van der Waals surface area (Å²) < 4.78 is 12.8. The monoisotopic (exact) mass is 503 g/mol. The van der Waals surface area contributed by atoms with E-state index < -0.39 is 18.0 Å². The van der Waals surface area contributed by atoms with Crippen molar-refractivity contribution in [3.05, 3.63) is 109 Å². The highest BCUT2D eigenvalue weighted by Gasteiger charge is 2.33. The molecule has 0 bridgehead atoms. The maximum absolute atomic E-state index is 13.6. The number of aromatic carboxylic acids is 1. The molecule has 0 aliphatic carbocycles. The summed E-state index contributed by atoms with van der Waals surface area (Å²) in [6, 6.07) is 12.4. The number of rotatable bonds is 8. The molecule has 1 atom stereocenters. The fraction of sp³-hybridized carbons (Fsp3) is 0.185. The van der Waals surface area contributed by atoms with E-state index in [2.05, 4.69) is 11.6 Å². The van der Waals surface area contributed by atoms with Crippen molar-refractivity contribution < 1.29 is 24.2 Å². The minimum absolute atomic E-state index is 0.0452. The van der Waals surface area contributed by atoms with Crippen LogP contribution in [0.5, 0.6) is 5.75 Å². The van der Waals surface area contributed by atoms with Crippen LogP contribution in [0.15, 0.2) is 82.2 Å². The number of aromatic nitrogens is 1. The fourth-order valence-corrected chi connectivity index (χ4v) is 4.92. The molecule has 4 rings (SSSR count). The zero-order chi connectivity index (χ0) is 25.8. The molecule has 0 saturated heterocycles. The second kappa shape index (κ2) is 10.6. The van der Waals surface area contributed by atoms with Gasteiger partial charge in [-0.15, -0.1) is 0 Å². The Balaban J connectivity index is 1.85. The molecule has 0 fully saturated rings. The summed E-state index contributed by atoms with van der Waals surface area (Å²) in [6.45, 7) is 7.61. The number of ether oxygens (including phenoxy) is 2. The third-order valence-corrected chi connectivity index (χ3v) is 6.51. The van der Waals surface area contributed by atoms with Gasteiger partial charge in [0.1, 0.15) is 12.4 Å². The van der Waals surface area contributed by atoms with Crippen LogP contribution in [0.1, 0.15) is 41.4 Å². The first-order chi connectivity index (χ1) is 17.3. The molecule has 3 aromatic rings. The predicted molar refractivity (Wildman–Crippen MR) is 133 cm³/mol. The van der Waals surface area contributed by atoms with Crippen molar-refractivity contribution in [1.82, 2.24) is 4.57 Å². The third kappa shape index (κ3) is 4.92. The highest BCUT2D eigenvalue weighted by molar-refractivity contribution is 7.07. The minimum Gasteiger partial charge on any atom is -0.545 e. The van der Waals surface area contributed by atoms with Crippen LogP contribution >= 0.6 is 11.3 Å². The Hall–Kier alpha value is -4.24. The predicted octanol–water partition coefficient (Wildman–Crippen LogP) is 1.73. The largest absolute Gasteiger partial charge is 0.545 e. The first-order valence-corrected chi connectivity index (χ1v) is 12.0. The Morgan fingerprint density at radius 2 is 1.86 bits per heavy atom. The van der Waals surface area contributed by atoms with E-state index in [0.717, 1.165) is 0 Å². The lowest BCUT2D eigenvalue weighted by Crippen LogP contribution is -2.39. The second-order valence-corrected chi connectivity index (χ2v) is 8.89. The van der Waals surface area contributed by atoms with Gasteiger partial charge in [0.25, 0.3) is 5.56 Å². The Bertz CT molecular complexity index is 1530. The maximum Gasteiger partial charge on any atom is 0.338 e. The van der Waals surface area contributed by atoms with E-state index in [9.17, 15) is 19.5 Å². The molecule has 0 saturated carbocycles. The Kier molecular flexibility index (Phi) is 7.30. The van der Waals surface area contributed by atoms with Gasteiger partial charge in [0.05, 0.1) is 34.4 Å². The van der Waals surface area contributed by atoms with Crippen LogP contribution in [0.3, 0.4) is 0 Å². The highest BCUT2D eigenvalue weighted by atomic mass is 32.1. The number of thiazole rings is 1. The van der Waals surface area contributed by atoms with Crippen molar-refractivity contribution in [2.75, 3.05) is 13.2 Å². The molecule has 36 heavy (non-hydrogen) atoms. The number of fused-ring (bicyclic) bond motifs is 1. The average molecular weight is 504 g/mol. The molecule has 8 nitrogen and oxygen atoms in total. The van der Waals surface area contributed by atoms with E-state index >= 15 is 0 Å². The molecule has 0 radical (unpaired) electrons. The summed E-state index contributed by atoms with van der Waals surface area (Å²) in [7, 11) is 0. The van der Waals surface area contributed by atoms with Gasteiger partial charge >= 0.3 is 5.97 Å². The number of carboxylic acids is 1. The van der Waals surface area contributed by atoms with Gasteiger partial charge < -0.3 is 19.4 Å². The zero-order valence-electron chi connectivity index (χ0n) is 19.7. The van der Waals surface area contributed by atoms with E-state index in [1.165, 1.54) is 28.0 Å². The van der Waals surface area contributed by atoms with E-state index in [0.29, 0.717) is 38.5 Å². The van der Waals surface area contributed by atoms with E-state index in [4.69, 9.17) is 9.47 Å². The van der Waals surface area contributed by atoms with Gasteiger partial charge in [-0.25, -0.2) is 9.79 Å². The summed E-state index contributed by atoms with van der Waals surface area (Å²) in [4.78, 5) is 42.6. The van der Waals surface area contributed by atoms with Crippen LogP contribution in [-0.2, 0) is 9.53 Å². The molecule has 0 spiro atoms. The maximum atomic E-state index is 13.6. The summed E-state index contributed by atoms with van der Waals surface area (Å²) >= 11 is 1.19. The van der Waals surface area contributed by atoms with Crippen LogP contribution in [0.25, 0.3) is 6.08 Å². The number of carboxylic acid groups (broad SMARTS) is 1. The molecule has 184 valence electrons. The Morgan fingerprint density at radius 3 is 2.47 bits per heavy atom. The molecule has 0 unspecified atom stereocenters. The summed E-state index contributed by atoms with van der Waals surface area (Å²) in [5.41, 5.74) is 1.82. The lowest BCUT2D eigenvalue weighted by atomic mass is 9.96. The fourth-order valence-electron chi connectivity index (χ4n) is 3.88. The second-order valence-electron chi connectivity index (χ2n) is 7.88. The van der Waals surface area contributed by atoms with Gasteiger partial charge in [0.15, 0.2) is 4.80 Å². The number of nitrogens with zero attached hydrogens (tertiary/aromatic N) is 2. The lowest BCUT2D eigenvalue weighted by molar-refractivity contribution is -0.255. The number of benzene rings is 2. The SMILES string of the molecule is C=CCOc1ccc([C@H]2C(C(=O)OCC)=C(C)N=c3sc(=Cc4ccc(C(=O)[O-])cc4)c(=O)n32)cc1. The van der Waals surface area contributed by atoms with Gasteiger partial charge in [0, 0.05) is 0 Å².